The lowest BCUT2D eigenvalue weighted by molar-refractivity contribution is 0.412. The summed E-state index contributed by atoms with van der Waals surface area (Å²) in [5.74, 6) is 2.91. The first-order valence-corrected chi connectivity index (χ1v) is 6.82. The first kappa shape index (κ1) is 12.3. The van der Waals surface area contributed by atoms with Crippen molar-refractivity contribution in [3.05, 3.63) is 28.5 Å². The van der Waals surface area contributed by atoms with E-state index in [0.717, 1.165) is 34.5 Å². The molecular weight excluding hydrogens is 308 g/mol. The fourth-order valence-electron chi connectivity index (χ4n) is 1.87. The standard InChI is InChI=1S/C13H13BrN4O/c1-19-10-5-4-8(6-9(10)14)12-16-11(7-2-3-7)17-13(15)18-12/h4-7H,2-3H2,1H3,(H2,15,16,17,18). The zero-order valence-electron chi connectivity index (χ0n) is 10.4. The molecule has 2 aromatic rings. The van der Waals surface area contributed by atoms with Crippen molar-refractivity contribution >= 4 is 21.9 Å². The minimum atomic E-state index is 0.277. The van der Waals surface area contributed by atoms with Gasteiger partial charge in [0.2, 0.25) is 5.95 Å². The highest BCUT2D eigenvalue weighted by atomic mass is 79.9. The third-order valence-corrected chi connectivity index (χ3v) is 3.64. The molecule has 1 aromatic carbocycles. The van der Waals surface area contributed by atoms with Gasteiger partial charge in [-0.1, -0.05) is 0 Å². The van der Waals surface area contributed by atoms with Gasteiger partial charge < -0.3 is 10.5 Å². The van der Waals surface area contributed by atoms with Gasteiger partial charge in [-0.15, -0.1) is 0 Å². The van der Waals surface area contributed by atoms with Gasteiger partial charge in [0, 0.05) is 11.5 Å². The van der Waals surface area contributed by atoms with Crippen LogP contribution in [0.15, 0.2) is 22.7 Å². The predicted octanol–water partition coefficient (Wildman–Crippen LogP) is 2.77. The number of hydrogen-bond donors (Lipinski definition) is 1. The minimum absolute atomic E-state index is 0.277. The summed E-state index contributed by atoms with van der Waals surface area (Å²) in [5.41, 5.74) is 6.65. The molecule has 1 saturated carbocycles. The summed E-state index contributed by atoms with van der Waals surface area (Å²) < 4.78 is 6.07. The van der Waals surface area contributed by atoms with Crippen LogP contribution in [0.3, 0.4) is 0 Å². The molecule has 1 heterocycles. The number of anilines is 1. The van der Waals surface area contributed by atoms with Crippen molar-refractivity contribution in [2.24, 2.45) is 0 Å². The highest BCUT2D eigenvalue weighted by Gasteiger charge is 2.27. The van der Waals surface area contributed by atoms with Gasteiger partial charge in [-0.05, 0) is 47.0 Å². The maximum atomic E-state index is 5.76. The number of nitrogens with two attached hydrogens (primary N) is 1. The number of ether oxygens (including phenoxy) is 1. The van der Waals surface area contributed by atoms with E-state index in [4.69, 9.17) is 10.5 Å². The zero-order chi connectivity index (χ0) is 13.4. The van der Waals surface area contributed by atoms with Gasteiger partial charge in [-0.25, -0.2) is 4.98 Å². The van der Waals surface area contributed by atoms with Crippen LogP contribution in [0.25, 0.3) is 11.4 Å². The summed E-state index contributed by atoms with van der Waals surface area (Å²) in [6.45, 7) is 0. The molecule has 19 heavy (non-hydrogen) atoms. The first-order valence-electron chi connectivity index (χ1n) is 6.02. The Hall–Kier alpha value is -1.69. The number of halogens is 1. The van der Waals surface area contributed by atoms with E-state index in [1.807, 2.05) is 18.2 Å². The van der Waals surface area contributed by atoms with Crippen molar-refractivity contribution in [3.63, 3.8) is 0 Å². The van der Waals surface area contributed by atoms with E-state index >= 15 is 0 Å². The van der Waals surface area contributed by atoms with Crippen LogP contribution < -0.4 is 10.5 Å². The van der Waals surface area contributed by atoms with Crippen LogP contribution in [-0.4, -0.2) is 22.1 Å². The highest BCUT2D eigenvalue weighted by molar-refractivity contribution is 9.10. The molecule has 1 fully saturated rings. The lowest BCUT2D eigenvalue weighted by Gasteiger charge is -2.07. The van der Waals surface area contributed by atoms with Gasteiger partial charge >= 0.3 is 0 Å². The topological polar surface area (TPSA) is 73.9 Å². The Morgan fingerprint density at radius 2 is 2.05 bits per heavy atom. The second kappa shape index (κ2) is 4.77. The van der Waals surface area contributed by atoms with Crippen molar-refractivity contribution < 1.29 is 4.74 Å². The summed E-state index contributed by atoms with van der Waals surface area (Å²) in [6, 6.07) is 5.70. The molecule has 0 radical (unpaired) electrons. The quantitative estimate of drug-likeness (QED) is 0.941. The Bertz CT molecular complexity index is 628. The van der Waals surface area contributed by atoms with Crippen LogP contribution in [0.2, 0.25) is 0 Å². The Kier molecular flexibility index (Phi) is 3.10. The van der Waals surface area contributed by atoms with Gasteiger partial charge in [-0.2, -0.15) is 9.97 Å². The molecular formula is C13H13BrN4O. The molecule has 0 amide bonds. The largest absolute Gasteiger partial charge is 0.496 e. The van der Waals surface area contributed by atoms with Crippen molar-refractivity contribution in [2.75, 3.05) is 12.8 Å². The number of aromatic nitrogens is 3. The van der Waals surface area contributed by atoms with Gasteiger partial charge in [0.15, 0.2) is 5.82 Å². The third-order valence-electron chi connectivity index (χ3n) is 3.02. The Morgan fingerprint density at radius 1 is 1.26 bits per heavy atom. The first-order chi connectivity index (χ1) is 9.17. The van der Waals surface area contributed by atoms with E-state index in [1.165, 1.54) is 0 Å². The van der Waals surface area contributed by atoms with Crippen molar-refractivity contribution in [1.82, 2.24) is 15.0 Å². The third kappa shape index (κ3) is 2.53. The molecule has 0 atom stereocenters. The van der Waals surface area contributed by atoms with Crippen LogP contribution in [0.1, 0.15) is 24.6 Å². The SMILES string of the molecule is COc1ccc(-c2nc(N)nc(C3CC3)n2)cc1Br. The van der Waals surface area contributed by atoms with Gasteiger partial charge in [0.1, 0.15) is 11.6 Å². The van der Waals surface area contributed by atoms with E-state index in [9.17, 15) is 0 Å². The number of rotatable bonds is 3. The molecule has 5 nitrogen and oxygen atoms in total. The Morgan fingerprint density at radius 3 is 2.68 bits per heavy atom. The maximum absolute atomic E-state index is 5.76. The van der Waals surface area contributed by atoms with Crippen LogP contribution in [0.5, 0.6) is 5.75 Å². The Balaban J connectivity index is 2.03. The number of nitrogens with zero attached hydrogens (tertiary/aromatic N) is 3. The summed E-state index contributed by atoms with van der Waals surface area (Å²) in [7, 11) is 1.63. The molecule has 2 N–H and O–H groups in total. The molecule has 0 bridgehead atoms. The normalized spacial score (nSPS) is 14.4. The van der Waals surface area contributed by atoms with E-state index in [1.54, 1.807) is 7.11 Å². The molecule has 0 spiro atoms. The van der Waals surface area contributed by atoms with Crippen LogP contribution in [-0.2, 0) is 0 Å². The molecule has 0 aliphatic heterocycles. The average molecular weight is 321 g/mol. The predicted molar refractivity (Wildman–Crippen MR) is 75.9 cm³/mol. The van der Waals surface area contributed by atoms with E-state index in [-0.39, 0.29) is 5.95 Å². The second-order valence-electron chi connectivity index (χ2n) is 4.50. The molecule has 98 valence electrons. The lowest BCUT2D eigenvalue weighted by Crippen LogP contribution is -2.04. The summed E-state index contributed by atoms with van der Waals surface area (Å²) >= 11 is 3.46. The van der Waals surface area contributed by atoms with Gasteiger partial charge in [0.25, 0.3) is 0 Å². The molecule has 1 aliphatic carbocycles. The smallest absolute Gasteiger partial charge is 0.223 e. The second-order valence-corrected chi connectivity index (χ2v) is 5.35. The summed E-state index contributed by atoms with van der Waals surface area (Å²) in [6.07, 6.45) is 2.27. The van der Waals surface area contributed by atoms with Crippen LogP contribution in [0.4, 0.5) is 5.95 Å². The van der Waals surface area contributed by atoms with Crippen molar-refractivity contribution in [1.29, 1.82) is 0 Å². The lowest BCUT2D eigenvalue weighted by atomic mass is 10.2. The average Bonchev–Trinajstić information content (AvgIpc) is 3.22. The number of hydrogen-bond acceptors (Lipinski definition) is 5. The Labute approximate surface area is 119 Å². The van der Waals surface area contributed by atoms with E-state index in [2.05, 4.69) is 30.9 Å². The summed E-state index contributed by atoms with van der Waals surface area (Å²) in [4.78, 5) is 12.9. The molecule has 0 unspecified atom stereocenters. The number of benzene rings is 1. The van der Waals surface area contributed by atoms with Crippen molar-refractivity contribution in [2.45, 2.75) is 18.8 Å². The fraction of sp³-hybridized carbons (Fsp3) is 0.308. The number of nitrogen functional groups attached to an aromatic ring is 1. The maximum Gasteiger partial charge on any atom is 0.223 e. The van der Waals surface area contributed by atoms with Gasteiger partial charge in [0.05, 0.1) is 11.6 Å². The highest BCUT2D eigenvalue weighted by Crippen LogP contribution is 2.38. The van der Waals surface area contributed by atoms with E-state index < -0.39 is 0 Å². The summed E-state index contributed by atoms with van der Waals surface area (Å²) in [5, 5.41) is 0. The zero-order valence-corrected chi connectivity index (χ0v) is 12.0. The van der Waals surface area contributed by atoms with Gasteiger partial charge in [-0.3, -0.25) is 0 Å². The molecule has 3 rings (SSSR count). The monoisotopic (exact) mass is 320 g/mol. The van der Waals surface area contributed by atoms with E-state index in [0.29, 0.717) is 11.7 Å². The molecule has 6 heteroatoms. The molecule has 1 aromatic heterocycles. The molecule has 1 aliphatic rings. The molecule has 0 saturated heterocycles. The van der Waals surface area contributed by atoms with Crippen LogP contribution >= 0.6 is 15.9 Å². The fourth-order valence-corrected chi connectivity index (χ4v) is 2.41. The van der Waals surface area contributed by atoms with Crippen molar-refractivity contribution in [3.8, 4) is 17.1 Å². The minimum Gasteiger partial charge on any atom is -0.496 e. The van der Waals surface area contributed by atoms with Crippen LogP contribution in [0, 0.1) is 0 Å². The number of methoxy groups -OCH3 is 1.